The molecule has 0 heterocycles. The molecule has 1 aromatic carbocycles. The van der Waals surface area contributed by atoms with Crippen LogP contribution < -0.4 is 9.47 Å². The van der Waals surface area contributed by atoms with E-state index < -0.39 is 42.7 Å². The molecule has 0 saturated heterocycles. The minimum Gasteiger partial charge on any atom is -0.492 e. The molecular formula is C9H8ClF2NO6S. The third-order valence-electron chi connectivity index (χ3n) is 2.00. The quantitative estimate of drug-likeness (QED) is 0.451. The average Bonchev–Trinajstić information content (AvgIpc) is 2.26. The number of rotatable bonds is 6. The van der Waals surface area contributed by atoms with Crippen molar-refractivity contribution in [2.24, 2.45) is 0 Å². The van der Waals surface area contributed by atoms with E-state index in [0.717, 1.165) is 0 Å². The van der Waals surface area contributed by atoms with Crippen molar-refractivity contribution in [3.63, 3.8) is 0 Å². The molecule has 112 valence electrons. The predicted octanol–water partition coefficient (Wildman–Crippen LogP) is 2.52. The van der Waals surface area contributed by atoms with Crippen LogP contribution in [-0.4, -0.2) is 26.6 Å². The van der Waals surface area contributed by atoms with Crippen molar-refractivity contribution >= 4 is 25.4 Å². The maximum absolute atomic E-state index is 12.2. The topological polar surface area (TPSA) is 95.7 Å². The van der Waals surface area contributed by atoms with E-state index in [1.54, 1.807) is 0 Å². The van der Waals surface area contributed by atoms with Gasteiger partial charge >= 0.3 is 12.3 Å². The van der Waals surface area contributed by atoms with Gasteiger partial charge in [0, 0.05) is 22.8 Å². The first-order valence-corrected chi connectivity index (χ1v) is 7.32. The minimum absolute atomic E-state index is 0.00859. The van der Waals surface area contributed by atoms with Crippen LogP contribution in [0.5, 0.6) is 11.5 Å². The lowest BCUT2D eigenvalue weighted by Gasteiger charge is -2.11. The summed E-state index contributed by atoms with van der Waals surface area (Å²) < 4.78 is 55.9. The lowest BCUT2D eigenvalue weighted by molar-refractivity contribution is -0.386. The molecule has 0 atom stereocenters. The summed E-state index contributed by atoms with van der Waals surface area (Å²) in [6, 6.07) is 1.19. The van der Waals surface area contributed by atoms with Gasteiger partial charge in [-0.25, -0.2) is 8.42 Å². The van der Waals surface area contributed by atoms with E-state index in [1.165, 1.54) is 6.92 Å². The van der Waals surface area contributed by atoms with Gasteiger partial charge in [-0.2, -0.15) is 8.78 Å². The third-order valence-corrected chi connectivity index (χ3v) is 3.34. The maximum atomic E-state index is 12.2. The number of nitro groups is 1. The molecule has 7 nitrogen and oxygen atoms in total. The molecule has 0 N–H and O–H groups in total. The van der Waals surface area contributed by atoms with Crippen molar-refractivity contribution in [1.29, 1.82) is 0 Å². The molecule has 0 bridgehead atoms. The van der Waals surface area contributed by atoms with Crippen LogP contribution in [0.1, 0.15) is 6.92 Å². The molecule has 0 amide bonds. The van der Waals surface area contributed by atoms with Gasteiger partial charge in [0.2, 0.25) is 5.75 Å². The van der Waals surface area contributed by atoms with E-state index >= 15 is 0 Å². The Morgan fingerprint density at radius 3 is 2.40 bits per heavy atom. The number of benzene rings is 1. The molecule has 0 aromatic heterocycles. The highest BCUT2D eigenvalue weighted by Gasteiger charge is 2.27. The van der Waals surface area contributed by atoms with Gasteiger partial charge in [0.1, 0.15) is 10.6 Å². The Labute approximate surface area is 116 Å². The number of nitrogens with zero attached hydrogens (tertiary/aromatic N) is 1. The fourth-order valence-corrected chi connectivity index (χ4v) is 2.29. The lowest BCUT2D eigenvalue weighted by atomic mass is 10.3. The second-order valence-corrected chi connectivity index (χ2v) is 5.81. The summed E-state index contributed by atoms with van der Waals surface area (Å²) in [7, 11) is 0.758. The van der Waals surface area contributed by atoms with Crippen LogP contribution in [0.2, 0.25) is 0 Å². The van der Waals surface area contributed by atoms with Crippen LogP contribution in [0.3, 0.4) is 0 Å². The van der Waals surface area contributed by atoms with Gasteiger partial charge in [0.05, 0.1) is 11.5 Å². The molecule has 1 aromatic rings. The smallest absolute Gasteiger partial charge is 0.387 e. The summed E-state index contributed by atoms with van der Waals surface area (Å²) in [5.74, 6) is -1.23. The molecule has 0 spiro atoms. The summed E-state index contributed by atoms with van der Waals surface area (Å²) in [6.07, 6.45) is 0. The zero-order valence-corrected chi connectivity index (χ0v) is 11.5. The fraction of sp³-hybridized carbons (Fsp3) is 0.333. The van der Waals surface area contributed by atoms with Gasteiger partial charge in [-0.15, -0.1) is 0 Å². The van der Waals surface area contributed by atoms with Gasteiger partial charge in [-0.1, -0.05) is 0 Å². The van der Waals surface area contributed by atoms with Gasteiger partial charge in [0.25, 0.3) is 9.05 Å². The number of hydrogen-bond donors (Lipinski definition) is 0. The van der Waals surface area contributed by atoms with Crippen LogP contribution in [0.15, 0.2) is 17.0 Å². The maximum Gasteiger partial charge on any atom is 0.387 e. The Morgan fingerprint density at radius 2 is 2.00 bits per heavy atom. The largest absolute Gasteiger partial charge is 0.492 e. The standard InChI is InChI=1S/C9H8ClF2NO6S/c1-2-18-7-4-6(19-9(11)12)5(13(14)15)3-8(7)20(10,16)17/h3-4,9H,2H2,1H3. The van der Waals surface area contributed by atoms with Gasteiger partial charge in [-0.05, 0) is 6.92 Å². The van der Waals surface area contributed by atoms with Gasteiger partial charge < -0.3 is 9.47 Å². The summed E-state index contributed by atoms with van der Waals surface area (Å²) in [5, 5.41) is 10.8. The molecule has 0 fully saturated rings. The van der Waals surface area contributed by atoms with Gasteiger partial charge in [0.15, 0.2) is 0 Å². The van der Waals surface area contributed by atoms with E-state index in [2.05, 4.69) is 4.74 Å². The van der Waals surface area contributed by atoms with Crippen molar-refractivity contribution in [2.45, 2.75) is 18.4 Å². The Morgan fingerprint density at radius 1 is 1.40 bits per heavy atom. The Kier molecular flexibility index (Phi) is 5.06. The number of nitro benzene ring substituents is 1. The predicted molar refractivity (Wildman–Crippen MR) is 63.9 cm³/mol. The molecule has 20 heavy (non-hydrogen) atoms. The van der Waals surface area contributed by atoms with Crippen molar-refractivity contribution in [2.75, 3.05) is 6.61 Å². The zero-order valence-electron chi connectivity index (χ0n) is 9.88. The molecule has 0 unspecified atom stereocenters. The van der Waals surface area contributed by atoms with Crippen molar-refractivity contribution < 1.29 is 31.6 Å². The highest BCUT2D eigenvalue weighted by molar-refractivity contribution is 8.13. The van der Waals surface area contributed by atoms with E-state index in [1.807, 2.05) is 0 Å². The Bertz CT molecular complexity index is 621. The summed E-state index contributed by atoms with van der Waals surface area (Å²) in [6.45, 7) is -1.83. The second kappa shape index (κ2) is 6.18. The first kappa shape index (κ1) is 16.4. The number of hydrogen-bond acceptors (Lipinski definition) is 6. The van der Waals surface area contributed by atoms with Crippen molar-refractivity contribution in [3.8, 4) is 11.5 Å². The van der Waals surface area contributed by atoms with Crippen molar-refractivity contribution in [1.82, 2.24) is 0 Å². The summed E-state index contributed by atoms with van der Waals surface area (Å²) >= 11 is 0. The van der Waals surface area contributed by atoms with E-state index in [9.17, 15) is 27.3 Å². The second-order valence-electron chi connectivity index (χ2n) is 3.27. The minimum atomic E-state index is -4.36. The number of ether oxygens (including phenoxy) is 2. The van der Waals surface area contributed by atoms with Crippen LogP contribution in [0.4, 0.5) is 14.5 Å². The molecule has 0 radical (unpaired) electrons. The monoisotopic (exact) mass is 331 g/mol. The summed E-state index contributed by atoms with van der Waals surface area (Å²) in [4.78, 5) is 8.98. The van der Waals surface area contributed by atoms with Gasteiger partial charge in [-0.3, -0.25) is 10.1 Å². The zero-order chi connectivity index (χ0) is 15.5. The fourth-order valence-electron chi connectivity index (χ4n) is 1.32. The molecule has 0 saturated carbocycles. The lowest BCUT2D eigenvalue weighted by Crippen LogP contribution is -2.07. The normalized spacial score (nSPS) is 11.4. The first-order valence-electron chi connectivity index (χ1n) is 5.01. The highest BCUT2D eigenvalue weighted by atomic mass is 35.7. The molecule has 11 heteroatoms. The van der Waals surface area contributed by atoms with Crippen molar-refractivity contribution in [3.05, 3.63) is 22.2 Å². The van der Waals surface area contributed by atoms with E-state index in [0.29, 0.717) is 12.1 Å². The first-order chi connectivity index (χ1) is 9.16. The van der Waals surface area contributed by atoms with Crippen LogP contribution in [0.25, 0.3) is 0 Å². The van der Waals surface area contributed by atoms with Crippen LogP contribution in [-0.2, 0) is 9.05 Å². The van der Waals surface area contributed by atoms with E-state index in [-0.39, 0.29) is 6.61 Å². The highest BCUT2D eigenvalue weighted by Crippen LogP contribution is 2.39. The van der Waals surface area contributed by atoms with Crippen LogP contribution >= 0.6 is 10.7 Å². The molecule has 0 aliphatic carbocycles. The molecule has 1 rings (SSSR count). The Balaban J connectivity index is 3.55. The average molecular weight is 332 g/mol. The third kappa shape index (κ3) is 3.90. The van der Waals surface area contributed by atoms with Crippen LogP contribution in [0, 0.1) is 10.1 Å². The number of halogens is 3. The SMILES string of the molecule is CCOc1cc(OC(F)F)c([N+](=O)[O-])cc1S(=O)(=O)Cl. The molecule has 0 aliphatic heterocycles. The molecule has 0 aliphatic rings. The summed E-state index contributed by atoms with van der Waals surface area (Å²) in [5.41, 5.74) is -0.965. The van der Waals surface area contributed by atoms with E-state index in [4.69, 9.17) is 15.4 Å². The number of alkyl halides is 2. The molecular weight excluding hydrogens is 324 g/mol. The Hall–Kier alpha value is -1.68.